The van der Waals surface area contributed by atoms with Crippen molar-refractivity contribution < 1.29 is 0 Å². The van der Waals surface area contributed by atoms with Crippen LogP contribution >= 0.6 is 22.9 Å². The average Bonchev–Trinajstić information content (AvgIpc) is 2.66. The first-order valence-corrected chi connectivity index (χ1v) is 9.49. The van der Waals surface area contributed by atoms with Gasteiger partial charge in [0.05, 0.1) is 5.38 Å². The van der Waals surface area contributed by atoms with Crippen molar-refractivity contribution in [3.63, 3.8) is 0 Å². The fourth-order valence-electron chi connectivity index (χ4n) is 5.98. The number of thiophene rings is 1. The minimum Gasteiger partial charge on any atom is -0.144 e. The van der Waals surface area contributed by atoms with Crippen LogP contribution in [0.5, 0.6) is 0 Å². The average molecular weight is 309 g/mol. The molecule has 4 saturated carbocycles. The molecule has 0 aliphatic heterocycles. The smallest absolute Gasteiger partial charge is 0.0686 e. The van der Waals surface area contributed by atoms with E-state index >= 15 is 0 Å². The molecular weight excluding hydrogens is 284 g/mol. The summed E-state index contributed by atoms with van der Waals surface area (Å²) in [5.41, 5.74) is 2.02. The van der Waals surface area contributed by atoms with Crippen LogP contribution in [0.3, 0.4) is 0 Å². The monoisotopic (exact) mass is 308 g/mol. The summed E-state index contributed by atoms with van der Waals surface area (Å²) in [6, 6.07) is 2.30. The van der Waals surface area contributed by atoms with Crippen LogP contribution in [0, 0.1) is 37.0 Å². The zero-order chi connectivity index (χ0) is 13.9. The zero-order valence-electron chi connectivity index (χ0n) is 12.6. The van der Waals surface area contributed by atoms with Gasteiger partial charge in [-0.25, -0.2) is 0 Å². The Morgan fingerprint density at radius 2 is 1.70 bits per heavy atom. The molecule has 0 spiro atoms. The van der Waals surface area contributed by atoms with Crippen LogP contribution in [0.25, 0.3) is 0 Å². The predicted octanol–water partition coefficient (Wildman–Crippen LogP) is 6.25. The first-order chi connectivity index (χ1) is 9.53. The van der Waals surface area contributed by atoms with Gasteiger partial charge in [-0.15, -0.1) is 22.9 Å². The lowest BCUT2D eigenvalue weighted by atomic mass is 9.48. The zero-order valence-corrected chi connectivity index (χ0v) is 14.2. The fraction of sp³-hybridized carbons (Fsp3) is 0.778. The Morgan fingerprint density at radius 1 is 1.15 bits per heavy atom. The van der Waals surface area contributed by atoms with Gasteiger partial charge in [-0.2, -0.15) is 0 Å². The Balaban J connectivity index is 1.55. The third kappa shape index (κ3) is 2.25. The lowest BCUT2D eigenvalue weighted by molar-refractivity contribution is -0.0575. The van der Waals surface area contributed by atoms with Gasteiger partial charge in [0.1, 0.15) is 0 Å². The Bertz CT molecular complexity index is 480. The largest absolute Gasteiger partial charge is 0.144 e. The van der Waals surface area contributed by atoms with E-state index < -0.39 is 0 Å². The van der Waals surface area contributed by atoms with E-state index in [1.807, 2.05) is 11.3 Å². The van der Waals surface area contributed by atoms with E-state index in [0.717, 1.165) is 17.8 Å². The lowest BCUT2D eigenvalue weighted by Crippen LogP contribution is -2.46. The summed E-state index contributed by atoms with van der Waals surface area (Å²) in [6.07, 6.45) is 10.3. The molecule has 1 aromatic heterocycles. The summed E-state index contributed by atoms with van der Waals surface area (Å²) in [5, 5.41) is 0.255. The maximum Gasteiger partial charge on any atom is 0.0686 e. The summed E-state index contributed by atoms with van der Waals surface area (Å²) in [6.45, 7) is 4.43. The van der Waals surface area contributed by atoms with E-state index in [1.54, 1.807) is 0 Å². The van der Waals surface area contributed by atoms with Crippen molar-refractivity contribution in [2.75, 3.05) is 0 Å². The molecular formula is C18H25ClS. The van der Waals surface area contributed by atoms with Crippen LogP contribution < -0.4 is 0 Å². The molecule has 20 heavy (non-hydrogen) atoms. The van der Waals surface area contributed by atoms with Gasteiger partial charge in [0, 0.05) is 9.75 Å². The predicted molar refractivity (Wildman–Crippen MR) is 87.6 cm³/mol. The van der Waals surface area contributed by atoms with Crippen molar-refractivity contribution in [1.82, 2.24) is 0 Å². The second-order valence-electron chi connectivity index (χ2n) is 7.99. The van der Waals surface area contributed by atoms with Crippen LogP contribution in [0.15, 0.2) is 6.07 Å². The van der Waals surface area contributed by atoms with Crippen molar-refractivity contribution in [2.45, 2.75) is 64.2 Å². The molecule has 4 bridgehead atoms. The third-order valence-electron chi connectivity index (χ3n) is 6.14. The van der Waals surface area contributed by atoms with Gasteiger partial charge >= 0.3 is 0 Å². The first-order valence-electron chi connectivity index (χ1n) is 8.24. The molecule has 0 aromatic carbocycles. The van der Waals surface area contributed by atoms with Crippen molar-refractivity contribution in [3.8, 4) is 0 Å². The van der Waals surface area contributed by atoms with Crippen LogP contribution in [0.2, 0.25) is 0 Å². The van der Waals surface area contributed by atoms with Gasteiger partial charge in [-0.05, 0) is 93.6 Å². The molecule has 2 heteroatoms. The minimum atomic E-state index is 0.255. The minimum absolute atomic E-state index is 0.255. The molecule has 4 aliphatic carbocycles. The Kier molecular flexibility index (Phi) is 3.24. The number of alkyl halides is 1. The molecule has 0 saturated heterocycles. The summed E-state index contributed by atoms with van der Waals surface area (Å²) in [4.78, 5) is 2.86. The highest BCUT2D eigenvalue weighted by Gasteiger charge is 2.51. The fourth-order valence-corrected chi connectivity index (χ4v) is 7.63. The molecule has 4 aliphatic rings. The van der Waals surface area contributed by atoms with Gasteiger partial charge in [0.15, 0.2) is 0 Å². The van der Waals surface area contributed by atoms with E-state index in [1.165, 1.54) is 60.3 Å². The van der Waals surface area contributed by atoms with E-state index in [4.69, 9.17) is 11.6 Å². The van der Waals surface area contributed by atoms with E-state index in [2.05, 4.69) is 19.9 Å². The highest BCUT2D eigenvalue weighted by Crippen LogP contribution is 2.63. The van der Waals surface area contributed by atoms with Crippen LogP contribution in [-0.4, -0.2) is 0 Å². The van der Waals surface area contributed by atoms with Gasteiger partial charge in [0.2, 0.25) is 0 Å². The third-order valence-corrected chi connectivity index (χ3v) is 7.91. The SMILES string of the molecule is Cc1cc(C)c(C(Cl)CC23CC4CC(CC(C4)C2)C3)s1. The highest BCUT2D eigenvalue weighted by atomic mass is 35.5. The van der Waals surface area contributed by atoms with Crippen molar-refractivity contribution >= 4 is 22.9 Å². The number of hydrogen-bond donors (Lipinski definition) is 0. The maximum atomic E-state index is 6.87. The molecule has 0 amide bonds. The summed E-state index contributed by atoms with van der Waals surface area (Å²) in [5.74, 6) is 3.11. The molecule has 1 aromatic rings. The summed E-state index contributed by atoms with van der Waals surface area (Å²) < 4.78 is 0. The first kappa shape index (κ1) is 13.6. The number of hydrogen-bond acceptors (Lipinski definition) is 1. The highest BCUT2D eigenvalue weighted by molar-refractivity contribution is 7.12. The van der Waals surface area contributed by atoms with Crippen LogP contribution in [0.1, 0.15) is 65.6 Å². The van der Waals surface area contributed by atoms with Gasteiger partial charge in [-0.1, -0.05) is 0 Å². The van der Waals surface area contributed by atoms with Gasteiger partial charge < -0.3 is 0 Å². The van der Waals surface area contributed by atoms with Gasteiger partial charge in [-0.3, -0.25) is 0 Å². The summed E-state index contributed by atoms with van der Waals surface area (Å²) in [7, 11) is 0. The number of halogens is 1. The Labute approximate surface area is 131 Å². The maximum absolute atomic E-state index is 6.87. The van der Waals surface area contributed by atoms with Crippen LogP contribution in [0.4, 0.5) is 0 Å². The molecule has 1 unspecified atom stereocenters. The quantitative estimate of drug-likeness (QED) is 0.579. The van der Waals surface area contributed by atoms with E-state index in [0.29, 0.717) is 5.41 Å². The molecule has 110 valence electrons. The standard InChI is InChI=1S/C18H25ClS/c1-11-3-12(2)20-17(11)16(19)10-18-7-13-4-14(8-18)6-15(5-13)9-18/h3,13-16H,4-10H2,1-2H3. The molecule has 1 atom stereocenters. The Morgan fingerprint density at radius 3 is 2.15 bits per heavy atom. The summed E-state index contributed by atoms with van der Waals surface area (Å²) >= 11 is 8.79. The normalized spacial score (nSPS) is 40.2. The second-order valence-corrected chi connectivity index (χ2v) is 9.81. The van der Waals surface area contributed by atoms with Gasteiger partial charge in [0.25, 0.3) is 0 Å². The Hall–Kier alpha value is -0.0100. The molecule has 0 radical (unpaired) electrons. The molecule has 0 N–H and O–H groups in total. The van der Waals surface area contributed by atoms with Crippen molar-refractivity contribution in [2.24, 2.45) is 23.2 Å². The van der Waals surface area contributed by atoms with E-state index in [9.17, 15) is 0 Å². The number of rotatable bonds is 3. The second kappa shape index (κ2) is 4.74. The molecule has 5 rings (SSSR count). The van der Waals surface area contributed by atoms with E-state index in [-0.39, 0.29) is 5.38 Å². The van der Waals surface area contributed by atoms with Crippen molar-refractivity contribution in [3.05, 3.63) is 21.4 Å². The molecule has 4 fully saturated rings. The molecule has 0 nitrogen and oxygen atoms in total. The number of aryl methyl sites for hydroxylation is 2. The van der Waals surface area contributed by atoms with Crippen molar-refractivity contribution in [1.29, 1.82) is 0 Å². The van der Waals surface area contributed by atoms with Crippen LogP contribution in [-0.2, 0) is 0 Å². The lowest BCUT2D eigenvalue weighted by Gasteiger charge is -2.57. The topological polar surface area (TPSA) is 0 Å². The molecule has 1 heterocycles.